The fraction of sp³-hybridized carbons (Fsp3) is 0.500. The minimum absolute atomic E-state index is 0.0939. The van der Waals surface area contributed by atoms with Gasteiger partial charge in [-0.25, -0.2) is 9.50 Å². The average Bonchev–Trinajstić information content (AvgIpc) is 3.36. The Bertz CT molecular complexity index is 1030. The molecular weight excluding hydrogens is 374 g/mol. The van der Waals surface area contributed by atoms with Crippen molar-refractivity contribution in [3.8, 4) is 0 Å². The van der Waals surface area contributed by atoms with Crippen LogP contribution in [0.4, 0.5) is 0 Å². The Kier molecular flexibility index (Phi) is 5.25. The van der Waals surface area contributed by atoms with E-state index in [1.165, 1.54) is 11.8 Å². The molecule has 1 saturated heterocycles. The number of ether oxygens (including phenoxy) is 1. The first-order chi connectivity index (χ1) is 13.4. The lowest BCUT2D eigenvalue weighted by Gasteiger charge is -2.14. The normalized spacial score (nSPS) is 16.9. The summed E-state index contributed by atoms with van der Waals surface area (Å²) in [6.07, 6.45) is 2.46. The van der Waals surface area contributed by atoms with Crippen molar-refractivity contribution in [3.05, 3.63) is 40.5 Å². The van der Waals surface area contributed by atoms with Crippen molar-refractivity contribution in [3.63, 3.8) is 0 Å². The number of ketones is 1. The van der Waals surface area contributed by atoms with E-state index in [2.05, 4.69) is 19.6 Å². The number of nitrogens with zero attached hydrogens (tertiary/aromatic N) is 5. The Morgan fingerprint density at radius 2 is 2.04 bits per heavy atom. The molecule has 0 spiro atoms. The Morgan fingerprint density at radius 1 is 1.21 bits per heavy atom. The molecule has 3 aromatic heterocycles. The van der Waals surface area contributed by atoms with Gasteiger partial charge in [0.2, 0.25) is 5.16 Å². The van der Waals surface area contributed by atoms with Gasteiger partial charge in [0, 0.05) is 41.5 Å². The summed E-state index contributed by atoms with van der Waals surface area (Å²) in [5.41, 5.74) is 4.77. The van der Waals surface area contributed by atoms with Crippen LogP contribution in [0.2, 0.25) is 0 Å². The SMILES string of the molecule is Cc1cc(C)n2nc(SCC(=O)c3cc(C)n(C[C@@H]4CCCO4)c3C)nc2n1. The minimum Gasteiger partial charge on any atom is -0.376 e. The lowest BCUT2D eigenvalue weighted by Crippen LogP contribution is -2.17. The summed E-state index contributed by atoms with van der Waals surface area (Å²) in [6.45, 7) is 9.62. The molecule has 148 valence electrons. The molecule has 4 rings (SSSR count). The van der Waals surface area contributed by atoms with E-state index in [0.717, 1.165) is 54.3 Å². The molecule has 0 aromatic carbocycles. The van der Waals surface area contributed by atoms with E-state index < -0.39 is 0 Å². The Morgan fingerprint density at radius 3 is 2.79 bits per heavy atom. The Hall–Kier alpha value is -2.19. The molecule has 28 heavy (non-hydrogen) atoms. The zero-order chi connectivity index (χ0) is 19.8. The highest BCUT2D eigenvalue weighted by Crippen LogP contribution is 2.23. The van der Waals surface area contributed by atoms with E-state index in [9.17, 15) is 4.79 Å². The van der Waals surface area contributed by atoms with Gasteiger partial charge in [0.1, 0.15) is 0 Å². The second-order valence-corrected chi connectivity index (χ2v) is 8.33. The maximum absolute atomic E-state index is 12.8. The van der Waals surface area contributed by atoms with Crippen LogP contribution in [0.1, 0.15) is 46.0 Å². The monoisotopic (exact) mass is 399 g/mol. The number of thioether (sulfide) groups is 1. The second kappa shape index (κ2) is 7.67. The van der Waals surface area contributed by atoms with Gasteiger partial charge in [-0.1, -0.05) is 11.8 Å². The molecule has 0 N–H and O–H groups in total. The zero-order valence-corrected chi connectivity index (χ0v) is 17.5. The van der Waals surface area contributed by atoms with Gasteiger partial charge < -0.3 is 9.30 Å². The molecule has 0 bridgehead atoms. The van der Waals surface area contributed by atoms with Crippen LogP contribution in [0.25, 0.3) is 5.78 Å². The van der Waals surface area contributed by atoms with E-state index >= 15 is 0 Å². The van der Waals surface area contributed by atoms with Crippen molar-refractivity contribution < 1.29 is 9.53 Å². The number of aryl methyl sites for hydroxylation is 3. The van der Waals surface area contributed by atoms with Crippen molar-refractivity contribution in [2.75, 3.05) is 12.4 Å². The standard InChI is InChI=1S/C20H25N5O2S/c1-12-8-14(3)25-19(21-12)22-20(23-25)28-11-18(26)17-9-13(2)24(15(17)4)10-16-6-5-7-27-16/h8-9,16H,5-7,10-11H2,1-4H3/t16-/m0/s1. The number of hydrogen-bond donors (Lipinski definition) is 0. The van der Waals surface area contributed by atoms with Gasteiger partial charge in [0.15, 0.2) is 5.78 Å². The number of carbonyl (C=O) groups excluding carboxylic acids is 1. The number of Topliss-reactive ketones (excluding diaryl/α,β-unsaturated/α-hetero) is 1. The Labute approximate surface area is 168 Å². The third kappa shape index (κ3) is 3.71. The summed E-state index contributed by atoms with van der Waals surface area (Å²) in [4.78, 5) is 21.7. The molecule has 7 nitrogen and oxygen atoms in total. The molecule has 0 radical (unpaired) electrons. The topological polar surface area (TPSA) is 74.3 Å². The van der Waals surface area contributed by atoms with Crippen LogP contribution in [-0.2, 0) is 11.3 Å². The first-order valence-corrected chi connectivity index (χ1v) is 10.6. The van der Waals surface area contributed by atoms with Crippen molar-refractivity contribution >= 4 is 23.3 Å². The third-order valence-corrected chi connectivity index (χ3v) is 6.05. The van der Waals surface area contributed by atoms with Gasteiger partial charge in [0.25, 0.3) is 5.78 Å². The highest BCUT2D eigenvalue weighted by atomic mass is 32.2. The smallest absolute Gasteiger partial charge is 0.253 e. The maximum Gasteiger partial charge on any atom is 0.253 e. The largest absolute Gasteiger partial charge is 0.376 e. The molecule has 4 heterocycles. The van der Waals surface area contributed by atoms with Crippen LogP contribution < -0.4 is 0 Å². The number of hydrogen-bond acceptors (Lipinski definition) is 6. The first-order valence-electron chi connectivity index (χ1n) is 9.57. The first kappa shape index (κ1) is 19.1. The van der Waals surface area contributed by atoms with Crippen LogP contribution >= 0.6 is 11.8 Å². The van der Waals surface area contributed by atoms with Crippen LogP contribution in [0, 0.1) is 27.7 Å². The van der Waals surface area contributed by atoms with Gasteiger partial charge >= 0.3 is 0 Å². The van der Waals surface area contributed by atoms with E-state index in [0.29, 0.717) is 16.7 Å². The molecule has 1 fully saturated rings. The van der Waals surface area contributed by atoms with Crippen LogP contribution in [-0.4, -0.2) is 48.4 Å². The van der Waals surface area contributed by atoms with Crippen molar-refractivity contribution in [2.24, 2.45) is 0 Å². The molecule has 3 aromatic rings. The minimum atomic E-state index is 0.0939. The maximum atomic E-state index is 12.8. The predicted octanol–water partition coefficient (Wildman–Crippen LogP) is 3.31. The molecule has 0 unspecified atom stereocenters. The molecular formula is C20H25N5O2S. The number of rotatable bonds is 6. The number of fused-ring (bicyclic) bond motifs is 1. The summed E-state index contributed by atoms with van der Waals surface area (Å²) in [6, 6.07) is 3.95. The molecule has 1 aliphatic rings. The van der Waals surface area contributed by atoms with Gasteiger partial charge in [0.05, 0.1) is 11.9 Å². The summed E-state index contributed by atoms with van der Waals surface area (Å²) < 4.78 is 9.67. The lowest BCUT2D eigenvalue weighted by molar-refractivity contribution is 0.0957. The molecule has 0 aliphatic carbocycles. The fourth-order valence-electron chi connectivity index (χ4n) is 3.77. The predicted molar refractivity (Wildman–Crippen MR) is 108 cm³/mol. The number of carbonyl (C=O) groups is 1. The van der Waals surface area contributed by atoms with Gasteiger partial charge in [-0.2, -0.15) is 4.98 Å². The second-order valence-electron chi connectivity index (χ2n) is 7.39. The molecule has 1 atom stereocenters. The molecule has 8 heteroatoms. The van der Waals surface area contributed by atoms with Gasteiger partial charge in [-0.15, -0.1) is 5.10 Å². The summed E-state index contributed by atoms with van der Waals surface area (Å²) in [7, 11) is 0. The van der Waals surface area contributed by atoms with E-state index in [1.54, 1.807) is 4.52 Å². The van der Waals surface area contributed by atoms with E-state index in [1.807, 2.05) is 39.8 Å². The van der Waals surface area contributed by atoms with Crippen molar-refractivity contribution in [1.29, 1.82) is 0 Å². The molecule has 0 amide bonds. The summed E-state index contributed by atoms with van der Waals surface area (Å²) >= 11 is 1.35. The highest BCUT2D eigenvalue weighted by molar-refractivity contribution is 7.99. The molecule has 1 aliphatic heterocycles. The fourth-order valence-corrected chi connectivity index (χ4v) is 4.47. The Balaban J connectivity index is 1.47. The average molecular weight is 400 g/mol. The number of aromatic nitrogens is 5. The van der Waals surface area contributed by atoms with Crippen molar-refractivity contribution in [2.45, 2.75) is 58.3 Å². The van der Waals surface area contributed by atoms with Gasteiger partial charge in [-0.05, 0) is 52.7 Å². The van der Waals surface area contributed by atoms with Crippen molar-refractivity contribution in [1.82, 2.24) is 24.1 Å². The van der Waals surface area contributed by atoms with Crippen LogP contribution in [0.3, 0.4) is 0 Å². The summed E-state index contributed by atoms with van der Waals surface area (Å²) in [5, 5.41) is 5.04. The molecule has 0 saturated carbocycles. The van der Waals surface area contributed by atoms with E-state index in [-0.39, 0.29) is 11.9 Å². The van der Waals surface area contributed by atoms with E-state index in [4.69, 9.17) is 4.74 Å². The zero-order valence-electron chi connectivity index (χ0n) is 16.7. The highest BCUT2D eigenvalue weighted by Gasteiger charge is 2.21. The summed E-state index contributed by atoms with van der Waals surface area (Å²) in [5.74, 6) is 0.970. The van der Waals surface area contributed by atoms with Crippen LogP contribution in [0.5, 0.6) is 0 Å². The quantitative estimate of drug-likeness (QED) is 0.468. The van der Waals surface area contributed by atoms with Gasteiger partial charge in [-0.3, -0.25) is 4.79 Å². The third-order valence-electron chi connectivity index (χ3n) is 5.22. The van der Waals surface area contributed by atoms with Crippen LogP contribution in [0.15, 0.2) is 17.3 Å². The lowest BCUT2D eigenvalue weighted by atomic mass is 10.2.